The van der Waals surface area contributed by atoms with Gasteiger partial charge in [0.25, 0.3) is 11.8 Å². The summed E-state index contributed by atoms with van der Waals surface area (Å²) in [7, 11) is 0. The number of aromatic nitrogens is 1. The van der Waals surface area contributed by atoms with Crippen LogP contribution in [-0.2, 0) is 16.1 Å². The van der Waals surface area contributed by atoms with E-state index in [1.807, 2.05) is 74.6 Å². The first-order chi connectivity index (χ1) is 17.2. The third-order valence-electron chi connectivity index (χ3n) is 6.31. The Balaban J connectivity index is 1.56. The van der Waals surface area contributed by atoms with Crippen molar-refractivity contribution >= 4 is 75.0 Å². The maximum absolute atomic E-state index is 13.5. The maximum atomic E-state index is 13.5. The van der Waals surface area contributed by atoms with Gasteiger partial charge < -0.3 is 4.57 Å². The van der Waals surface area contributed by atoms with Gasteiger partial charge in [-0.05, 0) is 79.2 Å². The number of amides is 2. The number of halogens is 2. The molecule has 0 aliphatic carbocycles. The Kier molecular flexibility index (Phi) is 6.43. The fourth-order valence-electron chi connectivity index (χ4n) is 4.27. The van der Waals surface area contributed by atoms with Crippen LogP contribution in [-0.4, -0.2) is 21.5 Å². The van der Waals surface area contributed by atoms with Crippen molar-refractivity contribution in [2.45, 2.75) is 20.4 Å². The molecule has 1 N–H and O–H groups in total. The molecule has 4 aromatic rings. The van der Waals surface area contributed by atoms with Crippen molar-refractivity contribution in [2.75, 3.05) is 4.90 Å². The van der Waals surface area contributed by atoms with Crippen molar-refractivity contribution in [1.29, 1.82) is 0 Å². The van der Waals surface area contributed by atoms with Crippen molar-refractivity contribution in [1.82, 2.24) is 9.88 Å². The van der Waals surface area contributed by atoms with Gasteiger partial charge in [0.05, 0.1) is 15.7 Å². The molecule has 5 nitrogen and oxygen atoms in total. The number of thiocarbonyl (C=S) groups is 1. The average molecular weight is 534 g/mol. The molecule has 36 heavy (non-hydrogen) atoms. The van der Waals surface area contributed by atoms with E-state index in [0.29, 0.717) is 22.3 Å². The third-order valence-corrected chi connectivity index (χ3v) is 7.33. The zero-order chi connectivity index (χ0) is 25.6. The predicted octanol–water partition coefficient (Wildman–Crippen LogP) is 6.44. The number of benzene rings is 3. The molecule has 1 aliphatic heterocycles. The van der Waals surface area contributed by atoms with Crippen molar-refractivity contribution in [3.8, 4) is 0 Å². The second-order valence-electron chi connectivity index (χ2n) is 8.70. The van der Waals surface area contributed by atoms with E-state index in [9.17, 15) is 9.59 Å². The first kappa shape index (κ1) is 24.3. The van der Waals surface area contributed by atoms with Crippen LogP contribution in [0.3, 0.4) is 0 Å². The number of carbonyl (C=O) groups is 2. The molecule has 0 radical (unpaired) electrons. The summed E-state index contributed by atoms with van der Waals surface area (Å²) in [6, 6.07) is 19.0. The number of para-hydroxylation sites is 1. The number of nitrogens with zero attached hydrogens (tertiary/aromatic N) is 2. The standard InChI is InChI=1S/C28H21Cl2N3O2S/c1-16-7-9-20(11-17(16)2)33-27(35)22(26(34)31-28(33)36)13-19-15-32(25-6-4-3-5-21(19)25)14-18-8-10-23(29)24(30)12-18/h3-13,15H,14H2,1-2H3,(H,31,34,36)/b22-13+. The van der Waals surface area contributed by atoms with Gasteiger partial charge in [-0.1, -0.05) is 53.5 Å². The normalized spacial score (nSPS) is 15.2. The zero-order valence-corrected chi connectivity index (χ0v) is 21.8. The molecule has 8 heteroatoms. The number of rotatable bonds is 4. The van der Waals surface area contributed by atoms with Crippen LogP contribution in [0.25, 0.3) is 17.0 Å². The molecule has 2 heterocycles. The van der Waals surface area contributed by atoms with Crippen molar-refractivity contribution in [3.63, 3.8) is 0 Å². The largest absolute Gasteiger partial charge is 0.342 e. The number of nitrogens with one attached hydrogen (secondary N) is 1. The van der Waals surface area contributed by atoms with E-state index in [1.165, 1.54) is 4.90 Å². The van der Waals surface area contributed by atoms with E-state index in [2.05, 4.69) is 9.88 Å². The molecule has 0 atom stereocenters. The van der Waals surface area contributed by atoms with Gasteiger partial charge in [-0.15, -0.1) is 0 Å². The molecule has 0 saturated carbocycles. The quantitative estimate of drug-likeness (QED) is 0.186. The second-order valence-corrected chi connectivity index (χ2v) is 9.91. The molecule has 1 saturated heterocycles. The van der Waals surface area contributed by atoms with Gasteiger partial charge in [0.15, 0.2) is 5.11 Å². The summed E-state index contributed by atoms with van der Waals surface area (Å²) >= 11 is 17.6. The maximum Gasteiger partial charge on any atom is 0.270 e. The Morgan fingerprint density at radius 2 is 1.72 bits per heavy atom. The van der Waals surface area contributed by atoms with Gasteiger partial charge in [0, 0.05) is 29.2 Å². The van der Waals surface area contributed by atoms with Gasteiger partial charge in [0.1, 0.15) is 5.57 Å². The Morgan fingerprint density at radius 3 is 2.47 bits per heavy atom. The van der Waals surface area contributed by atoms with Crippen LogP contribution >= 0.6 is 35.4 Å². The number of hydrogen-bond donors (Lipinski definition) is 1. The minimum Gasteiger partial charge on any atom is -0.342 e. The van der Waals surface area contributed by atoms with E-state index >= 15 is 0 Å². The number of aryl methyl sites for hydroxylation is 2. The molecule has 0 unspecified atom stereocenters. The van der Waals surface area contributed by atoms with Crippen molar-refractivity contribution in [2.24, 2.45) is 0 Å². The first-order valence-corrected chi connectivity index (χ1v) is 12.4. The summed E-state index contributed by atoms with van der Waals surface area (Å²) in [5, 5.41) is 4.62. The van der Waals surface area contributed by atoms with Crippen LogP contribution in [0.1, 0.15) is 22.3 Å². The predicted molar refractivity (Wildman–Crippen MR) is 150 cm³/mol. The molecular weight excluding hydrogens is 513 g/mol. The molecule has 180 valence electrons. The van der Waals surface area contributed by atoms with Gasteiger partial charge in [-0.3, -0.25) is 19.8 Å². The summed E-state index contributed by atoms with van der Waals surface area (Å²) in [6.07, 6.45) is 3.55. The summed E-state index contributed by atoms with van der Waals surface area (Å²) in [4.78, 5) is 27.8. The van der Waals surface area contributed by atoms with E-state index in [4.69, 9.17) is 35.4 Å². The van der Waals surface area contributed by atoms with Crippen LogP contribution in [0.2, 0.25) is 10.0 Å². The number of fused-ring (bicyclic) bond motifs is 1. The Bertz CT molecular complexity index is 1610. The molecule has 0 spiro atoms. The minimum atomic E-state index is -0.522. The van der Waals surface area contributed by atoms with Gasteiger partial charge in [0.2, 0.25) is 0 Å². The van der Waals surface area contributed by atoms with E-state index < -0.39 is 11.8 Å². The van der Waals surface area contributed by atoms with Crippen LogP contribution in [0.4, 0.5) is 5.69 Å². The van der Waals surface area contributed by atoms with Crippen molar-refractivity contribution in [3.05, 3.63) is 105 Å². The Hall–Kier alpha value is -3.45. The molecule has 0 bridgehead atoms. The highest BCUT2D eigenvalue weighted by atomic mass is 35.5. The molecule has 5 rings (SSSR count). The zero-order valence-electron chi connectivity index (χ0n) is 19.5. The Labute approximate surface area is 223 Å². The topological polar surface area (TPSA) is 54.3 Å². The van der Waals surface area contributed by atoms with Crippen LogP contribution in [0.15, 0.2) is 72.4 Å². The Morgan fingerprint density at radius 1 is 0.944 bits per heavy atom. The van der Waals surface area contributed by atoms with Crippen molar-refractivity contribution < 1.29 is 9.59 Å². The highest BCUT2D eigenvalue weighted by molar-refractivity contribution is 7.80. The van der Waals surface area contributed by atoms with Crippen LogP contribution < -0.4 is 10.2 Å². The molecule has 1 fully saturated rings. The molecule has 1 aliphatic rings. The lowest BCUT2D eigenvalue weighted by Crippen LogP contribution is -2.54. The highest BCUT2D eigenvalue weighted by Crippen LogP contribution is 2.29. The van der Waals surface area contributed by atoms with E-state index in [-0.39, 0.29) is 10.7 Å². The molecular formula is C28H21Cl2N3O2S. The highest BCUT2D eigenvalue weighted by Gasteiger charge is 2.34. The molecule has 2 amide bonds. The fourth-order valence-corrected chi connectivity index (χ4v) is 4.87. The summed E-state index contributed by atoms with van der Waals surface area (Å²) in [5.74, 6) is -0.986. The summed E-state index contributed by atoms with van der Waals surface area (Å²) in [6.45, 7) is 4.50. The lowest BCUT2D eigenvalue weighted by atomic mass is 10.0. The first-order valence-electron chi connectivity index (χ1n) is 11.2. The number of anilines is 1. The number of carbonyl (C=O) groups excluding carboxylic acids is 2. The summed E-state index contributed by atoms with van der Waals surface area (Å²) < 4.78 is 2.05. The lowest BCUT2D eigenvalue weighted by Gasteiger charge is -2.29. The molecule has 3 aromatic carbocycles. The SMILES string of the molecule is Cc1ccc(N2C(=O)/C(=C/c3cn(Cc4ccc(Cl)c(Cl)c4)c4ccccc34)C(=O)NC2=S)cc1C. The van der Waals surface area contributed by atoms with Crippen LogP contribution in [0, 0.1) is 13.8 Å². The lowest BCUT2D eigenvalue weighted by molar-refractivity contribution is -0.122. The summed E-state index contributed by atoms with van der Waals surface area (Å²) in [5.41, 5.74) is 5.43. The van der Waals surface area contributed by atoms with Gasteiger partial charge in [-0.2, -0.15) is 0 Å². The van der Waals surface area contributed by atoms with E-state index in [0.717, 1.165) is 33.2 Å². The fraction of sp³-hybridized carbons (Fsp3) is 0.107. The molecule has 1 aromatic heterocycles. The third kappa shape index (κ3) is 4.44. The van der Waals surface area contributed by atoms with Gasteiger partial charge >= 0.3 is 0 Å². The smallest absolute Gasteiger partial charge is 0.270 e. The number of hydrogen-bond acceptors (Lipinski definition) is 3. The van der Waals surface area contributed by atoms with E-state index in [1.54, 1.807) is 12.1 Å². The minimum absolute atomic E-state index is 0.0132. The van der Waals surface area contributed by atoms with Crippen LogP contribution in [0.5, 0.6) is 0 Å². The van der Waals surface area contributed by atoms with Gasteiger partial charge in [-0.25, -0.2) is 0 Å². The monoisotopic (exact) mass is 533 g/mol. The average Bonchev–Trinajstić information content (AvgIpc) is 3.18. The second kappa shape index (κ2) is 9.54.